The number of rotatable bonds is 7. The van der Waals surface area contributed by atoms with Gasteiger partial charge in [0.2, 0.25) is 0 Å². The van der Waals surface area contributed by atoms with Crippen molar-refractivity contribution < 1.29 is 19.1 Å². The first-order chi connectivity index (χ1) is 15.0. The highest BCUT2D eigenvalue weighted by atomic mass is 16.5. The van der Waals surface area contributed by atoms with Crippen LogP contribution in [0.3, 0.4) is 0 Å². The molecule has 7 nitrogen and oxygen atoms in total. The minimum atomic E-state index is -0.419. The first kappa shape index (κ1) is 20.5. The fourth-order valence-corrected chi connectivity index (χ4v) is 3.81. The summed E-state index contributed by atoms with van der Waals surface area (Å²) in [6.45, 7) is 4.13. The molecule has 0 saturated carbocycles. The number of nitrogens with zero attached hydrogens (tertiary/aromatic N) is 3. The van der Waals surface area contributed by atoms with E-state index in [9.17, 15) is 14.4 Å². The fraction of sp³-hybridized carbons (Fsp3) is 0.250. The maximum Gasteiger partial charge on any atom is 0.341 e. The van der Waals surface area contributed by atoms with Gasteiger partial charge < -0.3 is 4.74 Å². The first-order valence-electron chi connectivity index (χ1n) is 10.2. The Labute approximate surface area is 180 Å². The molecule has 0 fully saturated rings. The molecule has 31 heavy (non-hydrogen) atoms. The number of unbranched alkanes of at least 4 members (excludes halogenated alkanes) is 1. The van der Waals surface area contributed by atoms with Crippen molar-refractivity contribution in [3.05, 3.63) is 82.7 Å². The molecule has 0 saturated heterocycles. The highest BCUT2D eigenvalue weighted by molar-refractivity contribution is 6.21. The SMILES string of the molecule is Cc1nn(-c2ccccc2)c(C)c1C(=O)OCCCCN1C(=O)c2ccccc2C1=O. The Hall–Kier alpha value is -3.74. The molecule has 0 bridgehead atoms. The molecule has 1 aliphatic rings. The van der Waals surface area contributed by atoms with Crippen LogP contribution in [0.25, 0.3) is 5.69 Å². The number of amides is 2. The van der Waals surface area contributed by atoms with Crippen molar-refractivity contribution in [1.29, 1.82) is 0 Å². The summed E-state index contributed by atoms with van der Waals surface area (Å²) in [5.74, 6) is -0.952. The minimum absolute atomic E-state index is 0.206. The van der Waals surface area contributed by atoms with Crippen LogP contribution >= 0.6 is 0 Å². The van der Waals surface area contributed by atoms with Crippen molar-refractivity contribution >= 4 is 17.8 Å². The molecule has 1 aliphatic heterocycles. The number of ether oxygens (including phenoxy) is 1. The Morgan fingerprint density at radius 3 is 2.16 bits per heavy atom. The van der Waals surface area contributed by atoms with Crippen LogP contribution in [-0.4, -0.2) is 45.6 Å². The molecule has 2 heterocycles. The van der Waals surface area contributed by atoms with E-state index in [1.54, 1.807) is 35.9 Å². The Balaban J connectivity index is 1.30. The summed E-state index contributed by atoms with van der Waals surface area (Å²) < 4.78 is 7.17. The molecule has 1 aromatic heterocycles. The second-order valence-electron chi connectivity index (χ2n) is 7.44. The van der Waals surface area contributed by atoms with E-state index in [-0.39, 0.29) is 18.4 Å². The van der Waals surface area contributed by atoms with E-state index in [2.05, 4.69) is 5.10 Å². The van der Waals surface area contributed by atoms with Gasteiger partial charge in [-0.05, 0) is 51.0 Å². The molecule has 0 radical (unpaired) electrons. The van der Waals surface area contributed by atoms with Crippen LogP contribution in [0.5, 0.6) is 0 Å². The average Bonchev–Trinajstić information content (AvgIpc) is 3.21. The maximum atomic E-state index is 12.6. The smallest absolute Gasteiger partial charge is 0.341 e. The first-order valence-corrected chi connectivity index (χ1v) is 10.2. The number of hydrogen-bond donors (Lipinski definition) is 0. The van der Waals surface area contributed by atoms with Crippen LogP contribution in [0.4, 0.5) is 0 Å². The lowest BCUT2D eigenvalue weighted by molar-refractivity contribution is 0.0484. The Bertz CT molecular complexity index is 1120. The Kier molecular flexibility index (Phi) is 5.66. The highest BCUT2D eigenvalue weighted by Crippen LogP contribution is 2.23. The van der Waals surface area contributed by atoms with Crippen molar-refractivity contribution in [3.8, 4) is 5.69 Å². The third-order valence-corrected chi connectivity index (χ3v) is 5.38. The summed E-state index contributed by atoms with van der Waals surface area (Å²) in [4.78, 5) is 38.6. The molecule has 0 N–H and O–H groups in total. The Morgan fingerprint density at radius 1 is 0.903 bits per heavy atom. The van der Waals surface area contributed by atoms with Gasteiger partial charge in [-0.1, -0.05) is 30.3 Å². The molecule has 0 atom stereocenters. The molecule has 0 unspecified atom stereocenters. The van der Waals surface area contributed by atoms with Gasteiger partial charge in [-0.15, -0.1) is 0 Å². The van der Waals surface area contributed by atoms with Crippen LogP contribution < -0.4 is 0 Å². The van der Waals surface area contributed by atoms with Gasteiger partial charge in [-0.3, -0.25) is 14.5 Å². The number of fused-ring (bicyclic) bond motifs is 1. The predicted molar refractivity (Wildman–Crippen MR) is 114 cm³/mol. The molecule has 3 aromatic rings. The monoisotopic (exact) mass is 417 g/mol. The highest BCUT2D eigenvalue weighted by Gasteiger charge is 2.34. The third-order valence-electron chi connectivity index (χ3n) is 5.38. The molecule has 7 heteroatoms. The van der Waals surface area contributed by atoms with Gasteiger partial charge in [0.25, 0.3) is 11.8 Å². The average molecular weight is 417 g/mol. The number of hydrogen-bond acceptors (Lipinski definition) is 5. The van der Waals surface area contributed by atoms with Crippen LogP contribution in [0.15, 0.2) is 54.6 Å². The topological polar surface area (TPSA) is 81.5 Å². The second kappa shape index (κ2) is 8.55. The number of para-hydroxylation sites is 1. The van der Waals surface area contributed by atoms with Gasteiger partial charge in [0.15, 0.2) is 0 Å². The van der Waals surface area contributed by atoms with Crippen LogP contribution in [0.1, 0.15) is 55.3 Å². The standard InChI is InChI=1S/C24H23N3O4/c1-16-21(17(2)27(25-16)18-10-4-3-5-11-18)24(30)31-15-9-8-14-26-22(28)19-12-6-7-13-20(19)23(26)29/h3-7,10-13H,8-9,14-15H2,1-2H3. The van der Waals surface area contributed by atoms with Crippen molar-refractivity contribution in [2.75, 3.05) is 13.2 Å². The van der Waals surface area contributed by atoms with E-state index in [1.165, 1.54) is 4.90 Å². The van der Waals surface area contributed by atoms with Crippen molar-refractivity contribution in [3.63, 3.8) is 0 Å². The van der Waals surface area contributed by atoms with Gasteiger partial charge in [0, 0.05) is 6.54 Å². The zero-order chi connectivity index (χ0) is 22.0. The molecule has 2 amide bonds. The molecule has 158 valence electrons. The van der Waals surface area contributed by atoms with E-state index in [0.29, 0.717) is 41.8 Å². The summed E-state index contributed by atoms with van der Waals surface area (Å²) in [7, 11) is 0. The Morgan fingerprint density at radius 2 is 1.52 bits per heavy atom. The number of benzene rings is 2. The van der Waals surface area contributed by atoms with E-state index in [1.807, 2.05) is 37.3 Å². The summed E-state index contributed by atoms with van der Waals surface area (Å²) in [6, 6.07) is 16.4. The third kappa shape index (κ3) is 3.86. The van der Waals surface area contributed by atoms with Gasteiger partial charge in [0.05, 0.1) is 34.8 Å². The zero-order valence-corrected chi connectivity index (χ0v) is 17.5. The second-order valence-corrected chi connectivity index (χ2v) is 7.44. The lowest BCUT2D eigenvalue weighted by atomic mass is 10.1. The van der Waals surface area contributed by atoms with E-state index < -0.39 is 5.97 Å². The summed E-state index contributed by atoms with van der Waals surface area (Å²) in [5, 5.41) is 4.47. The summed E-state index contributed by atoms with van der Waals surface area (Å²) in [5.41, 5.74) is 3.56. The van der Waals surface area contributed by atoms with Gasteiger partial charge in [-0.25, -0.2) is 9.48 Å². The fourth-order valence-electron chi connectivity index (χ4n) is 3.81. The van der Waals surface area contributed by atoms with Crippen molar-refractivity contribution in [2.24, 2.45) is 0 Å². The number of imide groups is 1. The van der Waals surface area contributed by atoms with Crippen molar-refractivity contribution in [2.45, 2.75) is 26.7 Å². The number of aromatic nitrogens is 2. The van der Waals surface area contributed by atoms with Crippen LogP contribution in [0.2, 0.25) is 0 Å². The molecular weight excluding hydrogens is 394 g/mol. The van der Waals surface area contributed by atoms with Gasteiger partial charge in [0.1, 0.15) is 5.56 Å². The minimum Gasteiger partial charge on any atom is -0.462 e. The number of carbonyl (C=O) groups is 3. The van der Waals surface area contributed by atoms with E-state index in [0.717, 1.165) is 11.4 Å². The van der Waals surface area contributed by atoms with Gasteiger partial charge >= 0.3 is 5.97 Å². The molecule has 2 aromatic carbocycles. The number of esters is 1. The quantitative estimate of drug-likeness (QED) is 0.332. The van der Waals surface area contributed by atoms with Gasteiger partial charge in [-0.2, -0.15) is 5.10 Å². The van der Waals surface area contributed by atoms with Crippen LogP contribution in [0, 0.1) is 13.8 Å². The van der Waals surface area contributed by atoms with Crippen molar-refractivity contribution in [1.82, 2.24) is 14.7 Å². The number of carbonyl (C=O) groups excluding carboxylic acids is 3. The molecule has 0 spiro atoms. The summed E-state index contributed by atoms with van der Waals surface area (Å²) in [6.07, 6.45) is 1.10. The lowest BCUT2D eigenvalue weighted by Crippen LogP contribution is -2.30. The normalized spacial score (nSPS) is 12.9. The predicted octanol–water partition coefficient (Wildman–Crippen LogP) is 3.72. The van der Waals surface area contributed by atoms with E-state index >= 15 is 0 Å². The summed E-state index contributed by atoms with van der Waals surface area (Å²) >= 11 is 0. The molecule has 0 aliphatic carbocycles. The largest absolute Gasteiger partial charge is 0.462 e. The molecule has 4 rings (SSSR count). The maximum absolute atomic E-state index is 12.6. The lowest BCUT2D eigenvalue weighted by Gasteiger charge is -2.13. The van der Waals surface area contributed by atoms with Crippen LogP contribution in [-0.2, 0) is 4.74 Å². The zero-order valence-electron chi connectivity index (χ0n) is 17.5. The molecular formula is C24H23N3O4. The van der Waals surface area contributed by atoms with E-state index in [4.69, 9.17) is 4.74 Å². The number of aryl methyl sites for hydroxylation is 1.